The Hall–Kier alpha value is -8.40. The maximum Gasteiger partial charge on any atom is 0.0540 e. The van der Waals surface area contributed by atoms with Gasteiger partial charge in [0.1, 0.15) is 0 Å². The van der Waals surface area contributed by atoms with Crippen LogP contribution in [-0.2, 0) is 0 Å². The monoisotopic (exact) mass is 887 g/mol. The third-order valence-corrected chi connectivity index (χ3v) is 14.3. The summed E-state index contributed by atoms with van der Waals surface area (Å²) in [5.41, 5.74) is 19.2. The molecule has 0 bridgehead atoms. The van der Waals surface area contributed by atoms with Gasteiger partial charge < -0.3 is 14.4 Å². The van der Waals surface area contributed by atoms with E-state index in [-0.39, 0.29) is 0 Å². The molecule has 0 atom stereocenters. The van der Waals surface area contributed by atoms with Crippen LogP contribution in [0.1, 0.15) is 35.1 Å². The zero-order chi connectivity index (χ0) is 46.6. The van der Waals surface area contributed by atoms with Gasteiger partial charge in [-0.15, -0.1) is 0 Å². The van der Waals surface area contributed by atoms with Gasteiger partial charge in [0.15, 0.2) is 0 Å². The molecule has 0 fully saturated rings. The van der Waals surface area contributed by atoms with Gasteiger partial charge in [0, 0.05) is 55.8 Å². The number of hydrogen-bond acceptors (Lipinski definition) is 2. The normalized spacial score (nSPS) is 12.2. The molecule has 11 aromatic rings. The van der Waals surface area contributed by atoms with E-state index < -0.39 is 0 Å². The van der Waals surface area contributed by atoms with Crippen molar-refractivity contribution in [3.05, 3.63) is 245 Å². The highest BCUT2D eigenvalue weighted by atomic mass is 15.2. The molecular weight excluding hydrogens is 835 g/mol. The number of benzene rings is 10. The number of rotatable bonds is 9. The Kier molecular flexibility index (Phi) is 10.6. The summed E-state index contributed by atoms with van der Waals surface area (Å²) in [5, 5.41) is 8.97. The predicted octanol–water partition coefficient (Wildman–Crippen LogP) is 16.8. The van der Waals surface area contributed by atoms with Crippen molar-refractivity contribution in [1.29, 1.82) is 0 Å². The molecule has 1 aromatic heterocycles. The molecule has 0 unspecified atom stereocenters. The maximum atomic E-state index is 2.43. The lowest BCUT2D eigenvalue weighted by molar-refractivity contribution is 1.02. The fourth-order valence-corrected chi connectivity index (χ4v) is 11.1. The molecule has 332 valence electrons. The summed E-state index contributed by atoms with van der Waals surface area (Å²) in [4.78, 5) is 4.80. The van der Waals surface area contributed by atoms with Gasteiger partial charge in [-0.2, -0.15) is 0 Å². The Bertz CT molecular complexity index is 3770. The Morgan fingerprint density at radius 2 is 0.725 bits per heavy atom. The molecule has 10 aromatic carbocycles. The zero-order valence-corrected chi connectivity index (χ0v) is 39.6. The SMILES string of the molecule is Cc1cc(N(c2ccccc2)c2ccccc2)c(C)cc1-c1c2ccccc2c(-c2cc(C)c(N(c3ccccc3)c3ccc(-n4c5c(c6ccccc64)=CCCC=5)cc3)cc2C)c2ccccc12. The number of aromatic nitrogens is 1. The molecule has 1 aliphatic rings. The molecule has 69 heavy (non-hydrogen) atoms. The van der Waals surface area contributed by atoms with Crippen LogP contribution in [0.25, 0.3) is 72.5 Å². The average Bonchev–Trinajstić information content (AvgIpc) is 3.73. The Morgan fingerprint density at radius 1 is 0.348 bits per heavy atom. The van der Waals surface area contributed by atoms with Gasteiger partial charge in [0.2, 0.25) is 0 Å². The first-order valence-electron chi connectivity index (χ1n) is 24.3. The molecule has 0 amide bonds. The minimum absolute atomic E-state index is 1.06. The van der Waals surface area contributed by atoms with E-state index in [1.165, 1.54) is 105 Å². The van der Waals surface area contributed by atoms with E-state index in [2.05, 4.69) is 267 Å². The van der Waals surface area contributed by atoms with Crippen molar-refractivity contribution < 1.29 is 0 Å². The fourth-order valence-electron chi connectivity index (χ4n) is 11.1. The number of aryl methyl sites for hydroxylation is 4. The lowest BCUT2D eigenvalue weighted by Gasteiger charge is -2.29. The molecule has 0 saturated carbocycles. The smallest absolute Gasteiger partial charge is 0.0540 e. The Balaban J connectivity index is 0.988. The number of fused-ring (bicyclic) bond motifs is 5. The Morgan fingerprint density at radius 3 is 1.17 bits per heavy atom. The minimum atomic E-state index is 1.06. The van der Waals surface area contributed by atoms with E-state index in [9.17, 15) is 0 Å². The summed E-state index contributed by atoms with van der Waals surface area (Å²) in [6, 6.07) is 77.9. The zero-order valence-electron chi connectivity index (χ0n) is 39.6. The first-order chi connectivity index (χ1) is 33.9. The molecule has 1 heterocycles. The number of para-hydroxylation sites is 4. The maximum absolute atomic E-state index is 2.43. The van der Waals surface area contributed by atoms with Crippen molar-refractivity contribution in [2.24, 2.45) is 0 Å². The lowest BCUT2D eigenvalue weighted by atomic mass is 9.83. The van der Waals surface area contributed by atoms with Crippen LogP contribution in [0, 0.1) is 27.7 Å². The second kappa shape index (κ2) is 17.4. The second-order valence-electron chi connectivity index (χ2n) is 18.6. The van der Waals surface area contributed by atoms with Crippen LogP contribution in [-0.4, -0.2) is 4.57 Å². The fraction of sp³-hybridized carbons (Fsp3) is 0.0909. The summed E-state index contributed by atoms with van der Waals surface area (Å²) in [7, 11) is 0. The predicted molar refractivity (Wildman–Crippen MR) is 295 cm³/mol. The highest BCUT2D eigenvalue weighted by molar-refractivity contribution is 6.22. The lowest BCUT2D eigenvalue weighted by Crippen LogP contribution is -2.30. The highest BCUT2D eigenvalue weighted by Crippen LogP contribution is 2.48. The van der Waals surface area contributed by atoms with Crippen LogP contribution >= 0.6 is 0 Å². The minimum Gasteiger partial charge on any atom is -0.310 e. The molecule has 0 radical (unpaired) electrons. The molecule has 0 N–H and O–H groups in total. The summed E-state index contributed by atoms with van der Waals surface area (Å²) in [5.74, 6) is 0. The van der Waals surface area contributed by atoms with Gasteiger partial charge in [-0.25, -0.2) is 0 Å². The first kappa shape index (κ1) is 42.0. The molecule has 0 aliphatic heterocycles. The number of anilines is 6. The Labute approximate surface area is 404 Å². The van der Waals surface area contributed by atoms with Gasteiger partial charge in [0.25, 0.3) is 0 Å². The van der Waals surface area contributed by atoms with E-state index in [1.807, 2.05) is 0 Å². The summed E-state index contributed by atoms with van der Waals surface area (Å²) < 4.78 is 2.43. The quantitative estimate of drug-likeness (QED) is 0.134. The van der Waals surface area contributed by atoms with Crippen LogP contribution in [0.3, 0.4) is 0 Å². The van der Waals surface area contributed by atoms with E-state index in [0.29, 0.717) is 0 Å². The second-order valence-corrected chi connectivity index (χ2v) is 18.6. The summed E-state index contributed by atoms with van der Waals surface area (Å²) >= 11 is 0. The third kappa shape index (κ3) is 7.21. The van der Waals surface area contributed by atoms with Crippen LogP contribution in [0.2, 0.25) is 0 Å². The van der Waals surface area contributed by atoms with E-state index in [0.717, 1.165) is 35.6 Å². The molecule has 0 saturated heterocycles. The van der Waals surface area contributed by atoms with Crippen LogP contribution < -0.4 is 20.4 Å². The van der Waals surface area contributed by atoms with E-state index in [4.69, 9.17) is 0 Å². The van der Waals surface area contributed by atoms with Gasteiger partial charge >= 0.3 is 0 Å². The summed E-state index contributed by atoms with van der Waals surface area (Å²) in [6.45, 7) is 9.08. The van der Waals surface area contributed by atoms with Crippen LogP contribution in [0.15, 0.2) is 212 Å². The molecule has 3 nitrogen and oxygen atoms in total. The van der Waals surface area contributed by atoms with Crippen molar-refractivity contribution in [3.63, 3.8) is 0 Å². The van der Waals surface area contributed by atoms with Crippen molar-refractivity contribution in [1.82, 2.24) is 4.57 Å². The molecule has 12 rings (SSSR count). The van der Waals surface area contributed by atoms with Crippen LogP contribution in [0.4, 0.5) is 34.1 Å². The van der Waals surface area contributed by atoms with Crippen molar-refractivity contribution in [2.75, 3.05) is 9.80 Å². The highest BCUT2D eigenvalue weighted by Gasteiger charge is 2.24. The van der Waals surface area contributed by atoms with Crippen molar-refractivity contribution >= 4 is 78.7 Å². The van der Waals surface area contributed by atoms with Gasteiger partial charge in [-0.05, 0) is 198 Å². The van der Waals surface area contributed by atoms with Gasteiger partial charge in [0.05, 0.1) is 5.52 Å². The van der Waals surface area contributed by atoms with Gasteiger partial charge in [-0.1, -0.05) is 133 Å². The number of nitrogens with zero attached hydrogens (tertiary/aromatic N) is 3. The third-order valence-electron chi connectivity index (χ3n) is 14.3. The largest absolute Gasteiger partial charge is 0.310 e. The molecule has 3 heteroatoms. The van der Waals surface area contributed by atoms with E-state index >= 15 is 0 Å². The van der Waals surface area contributed by atoms with Crippen molar-refractivity contribution in [2.45, 2.75) is 40.5 Å². The van der Waals surface area contributed by atoms with Crippen molar-refractivity contribution in [3.8, 4) is 27.9 Å². The number of hydrogen-bond donors (Lipinski definition) is 0. The molecule has 0 spiro atoms. The van der Waals surface area contributed by atoms with Crippen LogP contribution in [0.5, 0.6) is 0 Å². The average molecular weight is 888 g/mol. The molecular formula is C66H53N3. The van der Waals surface area contributed by atoms with E-state index in [1.54, 1.807) is 0 Å². The first-order valence-corrected chi connectivity index (χ1v) is 24.3. The topological polar surface area (TPSA) is 11.4 Å². The summed E-state index contributed by atoms with van der Waals surface area (Å²) in [6.07, 6.45) is 6.95. The molecule has 1 aliphatic carbocycles. The van der Waals surface area contributed by atoms with Gasteiger partial charge in [-0.3, -0.25) is 0 Å². The standard InChI is InChI=1S/C66H53N3/c1-44-42-63(67(48-22-8-5-9-23-48)49-24-10-6-11-25-49)46(3)40-59(44)65-55-30-14-16-32-57(55)66(58-33-17-15-31-56(58)65)60-41-47(4)64(43-45(60)2)68(50-26-12-7-13-27-50)51-36-38-52(39-37-51)69-61-34-20-18-28-53(61)54-29-19-21-35-62(54)69/h5-18,20,22-43H,19,21H2,1-4H3.